The molecular formula is C32H33F2N5O. The van der Waals surface area contributed by atoms with Crippen LogP contribution in [0.4, 0.5) is 26.0 Å². The van der Waals surface area contributed by atoms with E-state index in [0.717, 1.165) is 28.2 Å². The number of fused-ring (bicyclic) bond motifs is 1. The predicted octanol–water partition coefficient (Wildman–Crippen LogP) is 7.48. The molecule has 4 N–H and O–H groups in total. The first-order chi connectivity index (χ1) is 19.1. The number of nitrogens with one attached hydrogen (secondary N) is 4. The van der Waals surface area contributed by atoms with Gasteiger partial charge in [-0.25, -0.2) is 13.8 Å². The third-order valence-corrected chi connectivity index (χ3v) is 7.01. The van der Waals surface area contributed by atoms with Gasteiger partial charge in [0.2, 0.25) is 0 Å². The fraction of sp³-hybridized carbons (Fsp3) is 0.250. The summed E-state index contributed by atoms with van der Waals surface area (Å²) in [5, 5.41) is 9.78. The normalized spacial score (nSPS) is 15.5. The van der Waals surface area contributed by atoms with Crippen molar-refractivity contribution in [2.45, 2.75) is 51.2 Å². The van der Waals surface area contributed by atoms with Gasteiger partial charge >= 0.3 is 0 Å². The van der Waals surface area contributed by atoms with E-state index in [1.54, 1.807) is 18.3 Å². The van der Waals surface area contributed by atoms with Gasteiger partial charge in [-0.2, -0.15) is 0 Å². The van der Waals surface area contributed by atoms with Crippen LogP contribution in [0.2, 0.25) is 0 Å². The zero-order valence-corrected chi connectivity index (χ0v) is 22.8. The summed E-state index contributed by atoms with van der Waals surface area (Å²) in [6.45, 7) is 9.66. The van der Waals surface area contributed by atoms with Gasteiger partial charge in [0.15, 0.2) is 0 Å². The van der Waals surface area contributed by atoms with Crippen molar-refractivity contribution in [2.75, 3.05) is 10.6 Å². The molecule has 6 nitrogen and oxygen atoms in total. The molecule has 0 bridgehead atoms. The van der Waals surface area contributed by atoms with Gasteiger partial charge < -0.3 is 20.9 Å². The summed E-state index contributed by atoms with van der Waals surface area (Å²) in [7, 11) is 0. The molecule has 0 spiro atoms. The van der Waals surface area contributed by atoms with E-state index in [1.165, 1.54) is 19.1 Å². The number of aromatic nitrogens is 2. The van der Waals surface area contributed by atoms with Gasteiger partial charge in [0, 0.05) is 46.7 Å². The monoisotopic (exact) mass is 541 g/mol. The molecule has 40 heavy (non-hydrogen) atoms. The van der Waals surface area contributed by atoms with E-state index in [0.29, 0.717) is 29.2 Å². The largest absolute Gasteiger partial charge is 0.356 e. The molecular weight excluding hydrogens is 508 g/mol. The molecule has 1 aliphatic rings. The summed E-state index contributed by atoms with van der Waals surface area (Å²) >= 11 is 0. The lowest BCUT2D eigenvalue weighted by molar-refractivity contribution is 0.0897. The van der Waals surface area contributed by atoms with E-state index in [9.17, 15) is 13.6 Å². The molecule has 2 aromatic carbocycles. The molecule has 5 rings (SSSR count). The first-order valence-corrected chi connectivity index (χ1v) is 13.3. The number of carbonyl (C=O) groups excluding carboxylic acids is 1. The summed E-state index contributed by atoms with van der Waals surface area (Å²) in [5.74, 6) is -0.362. The number of nitrogens with zero attached hydrogens (tertiary/aromatic N) is 1. The van der Waals surface area contributed by atoms with Crippen molar-refractivity contribution < 1.29 is 13.6 Å². The minimum Gasteiger partial charge on any atom is -0.356 e. The van der Waals surface area contributed by atoms with Crippen LogP contribution in [0, 0.1) is 5.82 Å². The number of hydrogen-bond donors (Lipinski definition) is 4. The van der Waals surface area contributed by atoms with Gasteiger partial charge in [-0.1, -0.05) is 36.9 Å². The van der Waals surface area contributed by atoms with Crippen molar-refractivity contribution >= 4 is 23.1 Å². The number of para-hydroxylation sites is 1. The fourth-order valence-electron chi connectivity index (χ4n) is 5.20. The second-order valence-electron chi connectivity index (χ2n) is 10.9. The molecule has 0 radical (unpaired) electrons. The maximum absolute atomic E-state index is 14.1. The van der Waals surface area contributed by atoms with Gasteiger partial charge in [0.25, 0.3) is 5.91 Å². The first-order valence-electron chi connectivity index (χ1n) is 13.3. The first kappa shape index (κ1) is 27.1. The van der Waals surface area contributed by atoms with Crippen molar-refractivity contribution in [3.8, 4) is 11.3 Å². The van der Waals surface area contributed by atoms with Crippen LogP contribution in [0.5, 0.6) is 0 Å². The number of anilines is 3. The number of pyridine rings is 1. The highest BCUT2D eigenvalue weighted by Gasteiger charge is 2.35. The summed E-state index contributed by atoms with van der Waals surface area (Å²) in [6, 6.07) is 19.4. The van der Waals surface area contributed by atoms with Crippen molar-refractivity contribution in [3.05, 3.63) is 108 Å². The quantitative estimate of drug-likeness (QED) is 0.177. The standard InChI is InChI=1S/C32H33F2N5O/c1-19(33)16-25(21-10-12-23(34)13-11-21)20(2)36-27-17-22(14-15-35-27)29-30(37-24-8-6-5-7-9-24)28-26(38-29)18-32(3,4)39-31(28)40/h5-15,17,19,25,37-38H,2,16,18H2,1,3-4H3,(H,35,36)(H,39,40). The van der Waals surface area contributed by atoms with E-state index >= 15 is 0 Å². The molecule has 2 unspecified atom stereocenters. The van der Waals surface area contributed by atoms with Gasteiger partial charge in [-0.15, -0.1) is 0 Å². The number of halogens is 2. The number of aromatic amines is 1. The van der Waals surface area contributed by atoms with E-state index in [4.69, 9.17) is 0 Å². The van der Waals surface area contributed by atoms with Gasteiger partial charge in [-0.3, -0.25) is 4.79 Å². The Balaban J connectivity index is 1.50. The van der Waals surface area contributed by atoms with Crippen LogP contribution >= 0.6 is 0 Å². The Labute approximate surface area is 232 Å². The fourth-order valence-corrected chi connectivity index (χ4v) is 5.20. The zero-order valence-electron chi connectivity index (χ0n) is 22.8. The van der Waals surface area contributed by atoms with Crippen LogP contribution in [0.3, 0.4) is 0 Å². The molecule has 0 fully saturated rings. The molecule has 8 heteroatoms. The Morgan fingerprint density at radius 1 is 1.12 bits per heavy atom. The lowest BCUT2D eigenvalue weighted by Crippen LogP contribution is -2.49. The highest BCUT2D eigenvalue weighted by atomic mass is 19.1. The third-order valence-electron chi connectivity index (χ3n) is 7.01. The zero-order chi connectivity index (χ0) is 28.4. The molecule has 1 aliphatic heterocycles. The van der Waals surface area contributed by atoms with E-state index in [1.807, 2.05) is 56.3 Å². The topological polar surface area (TPSA) is 81.8 Å². The van der Waals surface area contributed by atoms with Gasteiger partial charge in [-0.05, 0) is 69.2 Å². The Kier molecular flexibility index (Phi) is 7.43. The molecule has 206 valence electrons. The van der Waals surface area contributed by atoms with Crippen LogP contribution in [0.25, 0.3) is 11.3 Å². The summed E-state index contributed by atoms with van der Waals surface area (Å²) in [4.78, 5) is 21.2. The number of allylic oxidation sites excluding steroid dienone is 1. The van der Waals surface area contributed by atoms with Crippen LogP contribution < -0.4 is 16.0 Å². The average Bonchev–Trinajstić information content (AvgIpc) is 3.25. The van der Waals surface area contributed by atoms with Crippen LogP contribution in [0.15, 0.2) is 85.2 Å². The lowest BCUT2D eigenvalue weighted by atomic mass is 9.91. The van der Waals surface area contributed by atoms with E-state index in [-0.39, 0.29) is 29.6 Å². The molecule has 2 aromatic heterocycles. The number of rotatable bonds is 9. The number of hydrogen-bond acceptors (Lipinski definition) is 4. The second-order valence-corrected chi connectivity index (χ2v) is 10.9. The Morgan fingerprint density at radius 3 is 2.55 bits per heavy atom. The van der Waals surface area contributed by atoms with Crippen molar-refractivity contribution in [2.24, 2.45) is 0 Å². The molecule has 4 aromatic rings. The Bertz CT molecular complexity index is 1530. The SMILES string of the molecule is C=C(Nc1cc(-c2[nH]c3c(c2Nc2ccccc2)C(=O)NC(C)(C)C3)ccn1)C(CC(C)F)c1ccc(F)cc1. The number of carbonyl (C=O) groups is 1. The summed E-state index contributed by atoms with van der Waals surface area (Å²) in [5.41, 5.74) is 5.46. The van der Waals surface area contributed by atoms with Gasteiger partial charge in [0.1, 0.15) is 11.6 Å². The maximum Gasteiger partial charge on any atom is 0.255 e. The third kappa shape index (κ3) is 5.91. The van der Waals surface area contributed by atoms with E-state index < -0.39 is 6.17 Å². The molecule has 0 aliphatic carbocycles. The predicted molar refractivity (Wildman–Crippen MR) is 156 cm³/mol. The number of benzene rings is 2. The molecule has 0 saturated heterocycles. The van der Waals surface area contributed by atoms with Gasteiger partial charge in [0.05, 0.1) is 23.1 Å². The smallest absolute Gasteiger partial charge is 0.255 e. The Hall–Kier alpha value is -4.46. The summed E-state index contributed by atoms with van der Waals surface area (Å²) < 4.78 is 27.7. The van der Waals surface area contributed by atoms with Crippen molar-refractivity contribution in [1.82, 2.24) is 15.3 Å². The van der Waals surface area contributed by atoms with Crippen LogP contribution in [-0.2, 0) is 6.42 Å². The number of alkyl halides is 1. The maximum atomic E-state index is 14.1. The van der Waals surface area contributed by atoms with E-state index in [2.05, 4.69) is 32.5 Å². The summed E-state index contributed by atoms with van der Waals surface area (Å²) in [6.07, 6.45) is 1.42. The highest BCUT2D eigenvalue weighted by molar-refractivity contribution is 6.06. The molecule has 2 atom stereocenters. The molecule has 3 heterocycles. The molecule has 0 saturated carbocycles. The average molecular weight is 542 g/mol. The Morgan fingerprint density at radius 2 is 1.85 bits per heavy atom. The van der Waals surface area contributed by atoms with Crippen molar-refractivity contribution in [3.63, 3.8) is 0 Å². The minimum atomic E-state index is -1.08. The minimum absolute atomic E-state index is 0.143. The second kappa shape index (κ2) is 11.0. The lowest BCUT2D eigenvalue weighted by Gasteiger charge is -2.30. The van der Waals surface area contributed by atoms with Crippen molar-refractivity contribution in [1.29, 1.82) is 0 Å². The number of amides is 1. The highest BCUT2D eigenvalue weighted by Crippen LogP contribution is 2.39. The van der Waals surface area contributed by atoms with Crippen LogP contribution in [-0.4, -0.2) is 27.6 Å². The number of H-pyrrole nitrogens is 1. The molecule has 1 amide bonds. The van der Waals surface area contributed by atoms with Crippen LogP contribution in [0.1, 0.15) is 54.7 Å².